The number of carboxylic acid groups (broad SMARTS) is 1. The average Bonchev–Trinajstić information content (AvgIpc) is 2.59. The van der Waals surface area contributed by atoms with Crippen LogP contribution in [0, 0.1) is 0 Å². The van der Waals surface area contributed by atoms with Gasteiger partial charge in [0.05, 0.1) is 12.0 Å². The molecule has 0 aliphatic rings. The van der Waals surface area contributed by atoms with Gasteiger partial charge in [0.15, 0.2) is 0 Å². The van der Waals surface area contributed by atoms with Gasteiger partial charge in [-0.25, -0.2) is 4.79 Å². The first-order valence-electron chi connectivity index (χ1n) is 7.87. The van der Waals surface area contributed by atoms with Crippen LogP contribution in [0.4, 0.5) is 13.2 Å². The lowest BCUT2D eigenvalue weighted by Crippen LogP contribution is -2.44. The van der Waals surface area contributed by atoms with Gasteiger partial charge in [-0.1, -0.05) is 42.5 Å². The number of likely N-dealkylation sites (N-methyl/N-ethyl adjacent to an activating group) is 1. The molecule has 0 radical (unpaired) electrons. The molecule has 1 unspecified atom stereocenters. The summed E-state index contributed by atoms with van der Waals surface area (Å²) in [5, 5.41) is 9.43. The summed E-state index contributed by atoms with van der Waals surface area (Å²) in [7, 11) is 1.38. The number of nitrogens with zero attached hydrogens (tertiary/aromatic N) is 1. The summed E-state index contributed by atoms with van der Waals surface area (Å²) in [6.45, 7) is 0. The molecule has 1 N–H and O–H groups in total. The van der Waals surface area contributed by atoms with Gasteiger partial charge in [0.1, 0.15) is 6.04 Å². The Labute approximate surface area is 148 Å². The van der Waals surface area contributed by atoms with Crippen LogP contribution in [-0.2, 0) is 28.6 Å². The van der Waals surface area contributed by atoms with Gasteiger partial charge in [0, 0.05) is 13.5 Å². The number of aliphatic carboxylic acids is 1. The van der Waals surface area contributed by atoms with Gasteiger partial charge in [0.2, 0.25) is 5.91 Å². The van der Waals surface area contributed by atoms with Crippen molar-refractivity contribution < 1.29 is 27.9 Å². The molecule has 4 nitrogen and oxygen atoms in total. The third kappa shape index (κ3) is 5.08. The molecule has 0 aliphatic carbocycles. The van der Waals surface area contributed by atoms with E-state index in [-0.39, 0.29) is 12.8 Å². The van der Waals surface area contributed by atoms with Crippen molar-refractivity contribution >= 4 is 11.9 Å². The molecule has 2 rings (SSSR count). The topological polar surface area (TPSA) is 57.6 Å². The smallest absolute Gasteiger partial charge is 0.416 e. The van der Waals surface area contributed by atoms with Crippen LogP contribution in [0.2, 0.25) is 0 Å². The summed E-state index contributed by atoms with van der Waals surface area (Å²) in [5.74, 6) is -1.62. The minimum Gasteiger partial charge on any atom is -0.480 e. The van der Waals surface area contributed by atoms with Crippen molar-refractivity contribution in [3.8, 4) is 0 Å². The van der Waals surface area contributed by atoms with E-state index in [1.54, 1.807) is 30.3 Å². The van der Waals surface area contributed by atoms with Crippen LogP contribution in [0.3, 0.4) is 0 Å². The fraction of sp³-hybridized carbons (Fsp3) is 0.263. The van der Waals surface area contributed by atoms with Crippen LogP contribution in [0.15, 0.2) is 54.6 Å². The van der Waals surface area contributed by atoms with E-state index in [9.17, 15) is 27.9 Å². The number of carboxylic acids is 1. The average molecular weight is 365 g/mol. The normalized spacial score (nSPS) is 12.5. The fourth-order valence-corrected chi connectivity index (χ4v) is 2.51. The highest BCUT2D eigenvalue weighted by molar-refractivity contribution is 5.85. The van der Waals surface area contributed by atoms with Crippen LogP contribution in [0.5, 0.6) is 0 Å². The van der Waals surface area contributed by atoms with E-state index >= 15 is 0 Å². The Morgan fingerprint density at radius 2 is 1.58 bits per heavy atom. The Kier molecular flexibility index (Phi) is 6.02. The molecule has 0 saturated carbocycles. The first kappa shape index (κ1) is 19.5. The highest BCUT2D eigenvalue weighted by Gasteiger charge is 2.30. The van der Waals surface area contributed by atoms with E-state index in [0.29, 0.717) is 5.56 Å². The second-order valence-corrected chi connectivity index (χ2v) is 5.92. The number of hydrogen-bond acceptors (Lipinski definition) is 2. The highest BCUT2D eigenvalue weighted by Crippen LogP contribution is 2.29. The minimum absolute atomic E-state index is 0.144. The number of amides is 1. The van der Waals surface area contributed by atoms with E-state index in [2.05, 4.69) is 0 Å². The van der Waals surface area contributed by atoms with Crippen molar-refractivity contribution in [3.05, 3.63) is 71.3 Å². The predicted octanol–water partition coefficient (Wildman–Crippen LogP) is 3.40. The molecule has 0 saturated heterocycles. The van der Waals surface area contributed by atoms with Crippen molar-refractivity contribution in [2.45, 2.75) is 25.1 Å². The second-order valence-electron chi connectivity index (χ2n) is 5.92. The number of hydrogen-bond donors (Lipinski definition) is 1. The molecule has 1 amide bonds. The van der Waals surface area contributed by atoms with Gasteiger partial charge in [-0.3, -0.25) is 4.79 Å². The van der Waals surface area contributed by atoms with Crippen molar-refractivity contribution in [2.24, 2.45) is 0 Å². The van der Waals surface area contributed by atoms with E-state index < -0.39 is 29.7 Å². The van der Waals surface area contributed by atoms with Crippen molar-refractivity contribution in [1.82, 2.24) is 4.90 Å². The van der Waals surface area contributed by atoms with Gasteiger partial charge < -0.3 is 10.0 Å². The molecule has 0 bridgehead atoms. The monoisotopic (exact) mass is 365 g/mol. The summed E-state index contributed by atoms with van der Waals surface area (Å²) < 4.78 is 37.7. The summed E-state index contributed by atoms with van der Waals surface area (Å²) in [6, 6.07) is 12.1. The molecule has 0 aromatic heterocycles. The minimum atomic E-state index is -4.44. The Balaban J connectivity index is 2.07. The lowest BCUT2D eigenvalue weighted by atomic mass is 10.0. The summed E-state index contributed by atoms with van der Waals surface area (Å²) in [6.07, 6.45) is -4.47. The lowest BCUT2D eigenvalue weighted by molar-refractivity contribution is -0.148. The number of carbonyl (C=O) groups is 2. The van der Waals surface area contributed by atoms with Crippen LogP contribution >= 0.6 is 0 Å². The number of alkyl halides is 3. The van der Waals surface area contributed by atoms with Gasteiger partial charge in [-0.15, -0.1) is 0 Å². The number of benzene rings is 2. The molecular weight excluding hydrogens is 347 g/mol. The maximum absolute atomic E-state index is 12.6. The van der Waals surface area contributed by atoms with Gasteiger partial charge in [-0.2, -0.15) is 13.2 Å². The maximum Gasteiger partial charge on any atom is 0.416 e. The molecule has 0 spiro atoms. The van der Waals surface area contributed by atoms with Crippen LogP contribution in [0.25, 0.3) is 0 Å². The molecule has 0 fully saturated rings. The predicted molar refractivity (Wildman–Crippen MR) is 89.5 cm³/mol. The van der Waals surface area contributed by atoms with Crippen LogP contribution < -0.4 is 0 Å². The highest BCUT2D eigenvalue weighted by atomic mass is 19.4. The number of halogens is 3. The van der Waals surface area contributed by atoms with Crippen molar-refractivity contribution in [1.29, 1.82) is 0 Å². The van der Waals surface area contributed by atoms with Crippen LogP contribution in [0.1, 0.15) is 16.7 Å². The molecule has 26 heavy (non-hydrogen) atoms. The Morgan fingerprint density at radius 1 is 1.00 bits per heavy atom. The first-order chi connectivity index (χ1) is 12.2. The van der Waals surface area contributed by atoms with E-state index in [4.69, 9.17) is 0 Å². The van der Waals surface area contributed by atoms with Gasteiger partial charge >= 0.3 is 12.1 Å². The van der Waals surface area contributed by atoms with Crippen molar-refractivity contribution in [3.63, 3.8) is 0 Å². The first-order valence-corrected chi connectivity index (χ1v) is 7.87. The molecule has 138 valence electrons. The molecule has 0 heterocycles. The van der Waals surface area contributed by atoms with E-state index in [1.165, 1.54) is 19.2 Å². The molecule has 2 aromatic rings. The zero-order valence-corrected chi connectivity index (χ0v) is 14.0. The number of carbonyl (C=O) groups excluding carboxylic acids is 1. The summed E-state index contributed by atoms with van der Waals surface area (Å²) >= 11 is 0. The van der Waals surface area contributed by atoms with Gasteiger partial charge in [0.25, 0.3) is 0 Å². The third-order valence-corrected chi connectivity index (χ3v) is 4.05. The lowest BCUT2D eigenvalue weighted by Gasteiger charge is -2.25. The van der Waals surface area contributed by atoms with Gasteiger partial charge in [-0.05, 0) is 23.3 Å². The Bertz CT molecular complexity index is 758. The summed E-state index contributed by atoms with van der Waals surface area (Å²) in [4.78, 5) is 25.0. The molecule has 2 aromatic carbocycles. The Morgan fingerprint density at radius 3 is 2.08 bits per heavy atom. The number of rotatable bonds is 6. The summed E-state index contributed by atoms with van der Waals surface area (Å²) in [5.41, 5.74) is 0.363. The quantitative estimate of drug-likeness (QED) is 0.854. The SMILES string of the molecule is CN(C(=O)Cc1ccc(C(F)(F)F)cc1)C(Cc1ccccc1)C(=O)O. The fourth-order valence-electron chi connectivity index (χ4n) is 2.51. The van der Waals surface area contributed by atoms with Crippen LogP contribution in [-0.4, -0.2) is 35.0 Å². The van der Waals surface area contributed by atoms with E-state index in [1.807, 2.05) is 0 Å². The van der Waals surface area contributed by atoms with E-state index in [0.717, 1.165) is 22.6 Å². The standard InChI is InChI=1S/C19H18F3NO3/c1-23(16(18(25)26)11-13-5-3-2-4-6-13)17(24)12-14-7-9-15(10-8-14)19(20,21)22/h2-10,16H,11-12H2,1H3,(H,25,26). The molecule has 0 aliphatic heterocycles. The Hall–Kier alpha value is -2.83. The largest absolute Gasteiger partial charge is 0.480 e. The molecule has 1 atom stereocenters. The maximum atomic E-state index is 12.6. The third-order valence-electron chi connectivity index (χ3n) is 4.05. The molecular formula is C19H18F3NO3. The zero-order chi connectivity index (χ0) is 19.3. The van der Waals surface area contributed by atoms with Crippen molar-refractivity contribution in [2.75, 3.05) is 7.05 Å². The molecule has 7 heteroatoms. The second kappa shape index (κ2) is 8.03. The zero-order valence-electron chi connectivity index (χ0n) is 14.0.